The highest BCUT2D eigenvalue weighted by atomic mass is 16.2. The van der Waals surface area contributed by atoms with Gasteiger partial charge in [0, 0.05) is 31.7 Å². The second-order valence-electron chi connectivity index (χ2n) is 9.08. The topological polar surface area (TPSA) is 52.7 Å². The number of hydrogen-bond donors (Lipinski definition) is 1. The minimum absolute atomic E-state index is 0.00134. The standard InChI is InChI=1S/C26H33N3O2/c1-18-6-4-7-23(14-18)27-25(30)10-13-28-11-5-8-24(28)26(31)29-12-9-21-15-19(2)20(3)16-22(21)17-29/h4,6-7,14-16,24H,5,8-13,17H2,1-3H3,(H,27,30)/t24-/m0/s1. The first-order chi connectivity index (χ1) is 14.9. The molecular weight excluding hydrogens is 386 g/mol. The Morgan fingerprint density at radius 1 is 1.03 bits per heavy atom. The van der Waals surface area contributed by atoms with Crippen molar-refractivity contribution in [3.8, 4) is 0 Å². The Morgan fingerprint density at radius 2 is 1.81 bits per heavy atom. The van der Waals surface area contributed by atoms with E-state index in [2.05, 4.69) is 36.2 Å². The molecule has 0 aromatic heterocycles. The lowest BCUT2D eigenvalue weighted by atomic mass is 9.94. The Labute approximate surface area is 185 Å². The molecule has 2 aliphatic rings. The average molecular weight is 420 g/mol. The van der Waals surface area contributed by atoms with Crippen molar-refractivity contribution in [3.05, 3.63) is 64.2 Å². The summed E-state index contributed by atoms with van der Waals surface area (Å²) in [5, 5.41) is 2.97. The van der Waals surface area contributed by atoms with Crippen molar-refractivity contribution in [1.29, 1.82) is 0 Å². The summed E-state index contributed by atoms with van der Waals surface area (Å²) in [4.78, 5) is 30.0. The molecular formula is C26H33N3O2. The maximum atomic E-state index is 13.3. The van der Waals surface area contributed by atoms with Crippen LogP contribution < -0.4 is 5.32 Å². The number of amides is 2. The molecule has 2 amide bonds. The Hall–Kier alpha value is -2.66. The van der Waals surface area contributed by atoms with E-state index in [-0.39, 0.29) is 17.9 Å². The van der Waals surface area contributed by atoms with Gasteiger partial charge in [-0.1, -0.05) is 24.3 Å². The lowest BCUT2D eigenvalue weighted by Crippen LogP contribution is -2.47. The van der Waals surface area contributed by atoms with Crippen LogP contribution in [0.15, 0.2) is 36.4 Å². The first-order valence-corrected chi connectivity index (χ1v) is 11.4. The highest BCUT2D eigenvalue weighted by Gasteiger charge is 2.34. The molecule has 2 aromatic rings. The number of aryl methyl sites for hydroxylation is 3. The lowest BCUT2D eigenvalue weighted by Gasteiger charge is -2.34. The highest BCUT2D eigenvalue weighted by molar-refractivity contribution is 5.91. The fourth-order valence-electron chi connectivity index (χ4n) is 4.82. The minimum Gasteiger partial charge on any atom is -0.337 e. The Bertz CT molecular complexity index is 985. The van der Waals surface area contributed by atoms with Gasteiger partial charge >= 0.3 is 0 Å². The van der Waals surface area contributed by atoms with Crippen LogP contribution in [0.4, 0.5) is 5.69 Å². The number of nitrogens with zero attached hydrogens (tertiary/aromatic N) is 2. The molecule has 0 saturated carbocycles. The molecule has 1 atom stereocenters. The quantitative estimate of drug-likeness (QED) is 0.797. The summed E-state index contributed by atoms with van der Waals surface area (Å²) >= 11 is 0. The summed E-state index contributed by atoms with van der Waals surface area (Å²) in [6, 6.07) is 12.3. The molecule has 0 aliphatic carbocycles. The van der Waals surface area contributed by atoms with Gasteiger partial charge in [0.05, 0.1) is 6.04 Å². The number of anilines is 1. The van der Waals surface area contributed by atoms with Gasteiger partial charge in [0.2, 0.25) is 11.8 Å². The van der Waals surface area contributed by atoms with Gasteiger partial charge in [-0.3, -0.25) is 14.5 Å². The summed E-state index contributed by atoms with van der Waals surface area (Å²) in [6.45, 7) is 9.29. The molecule has 5 nitrogen and oxygen atoms in total. The Morgan fingerprint density at radius 3 is 2.58 bits per heavy atom. The second-order valence-corrected chi connectivity index (χ2v) is 9.08. The molecule has 0 spiro atoms. The summed E-state index contributed by atoms with van der Waals surface area (Å²) in [6.07, 6.45) is 3.22. The van der Waals surface area contributed by atoms with Crippen LogP contribution in [0.5, 0.6) is 0 Å². The molecule has 1 saturated heterocycles. The number of hydrogen-bond acceptors (Lipinski definition) is 3. The lowest BCUT2D eigenvalue weighted by molar-refractivity contribution is -0.137. The fraction of sp³-hybridized carbons (Fsp3) is 0.462. The predicted molar refractivity (Wildman–Crippen MR) is 124 cm³/mol. The van der Waals surface area contributed by atoms with Crippen LogP contribution in [0.25, 0.3) is 0 Å². The fourth-order valence-corrected chi connectivity index (χ4v) is 4.82. The molecule has 2 aromatic carbocycles. The highest BCUT2D eigenvalue weighted by Crippen LogP contribution is 2.26. The largest absolute Gasteiger partial charge is 0.337 e. The minimum atomic E-state index is -0.0973. The normalized spacial score (nSPS) is 18.7. The van der Waals surface area contributed by atoms with E-state index in [0.717, 1.165) is 43.6 Å². The molecule has 0 unspecified atom stereocenters. The third kappa shape index (κ3) is 4.99. The van der Waals surface area contributed by atoms with Gasteiger partial charge < -0.3 is 10.2 Å². The van der Waals surface area contributed by atoms with Crippen LogP contribution in [-0.2, 0) is 22.6 Å². The van der Waals surface area contributed by atoms with E-state index in [9.17, 15) is 9.59 Å². The van der Waals surface area contributed by atoms with Crippen molar-refractivity contribution in [2.75, 3.05) is 25.0 Å². The third-order valence-electron chi connectivity index (χ3n) is 6.72. The van der Waals surface area contributed by atoms with Crippen LogP contribution in [0.1, 0.15) is 47.1 Å². The Balaban J connectivity index is 1.34. The van der Waals surface area contributed by atoms with Crippen molar-refractivity contribution < 1.29 is 9.59 Å². The summed E-state index contributed by atoms with van der Waals surface area (Å²) in [5.74, 6) is 0.224. The molecule has 2 aliphatic heterocycles. The van der Waals surface area contributed by atoms with Gasteiger partial charge in [-0.15, -0.1) is 0 Å². The molecule has 1 N–H and O–H groups in total. The number of likely N-dealkylation sites (tertiary alicyclic amines) is 1. The van der Waals surface area contributed by atoms with Crippen molar-refractivity contribution in [1.82, 2.24) is 9.80 Å². The monoisotopic (exact) mass is 419 g/mol. The zero-order valence-electron chi connectivity index (χ0n) is 18.9. The average Bonchev–Trinajstić information content (AvgIpc) is 3.21. The second kappa shape index (κ2) is 9.23. The van der Waals surface area contributed by atoms with E-state index in [4.69, 9.17) is 0 Å². The van der Waals surface area contributed by atoms with E-state index in [1.165, 1.54) is 22.3 Å². The van der Waals surface area contributed by atoms with E-state index in [0.29, 0.717) is 19.5 Å². The van der Waals surface area contributed by atoms with Gasteiger partial charge in [0.15, 0.2) is 0 Å². The zero-order chi connectivity index (χ0) is 22.0. The summed E-state index contributed by atoms with van der Waals surface area (Å²) < 4.78 is 0. The van der Waals surface area contributed by atoms with Crippen molar-refractivity contribution in [2.45, 2.75) is 59.0 Å². The number of nitrogens with one attached hydrogen (secondary N) is 1. The number of carbonyl (C=O) groups is 2. The van der Waals surface area contributed by atoms with E-state index < -0.39 is 0 Å². The summed E-state index contributed by atoms with van der Waals surface area (Å²) in [5.41, 5.74) is 7.22. The number of rotatable bonds is 5. The van der Waals surface area contributed by atoms with Crippen LogP contribution in [-0.4, -0.2) is 47.3 Å². The SMILES string of the molecule is Cc1cccc(NC(=O)CCN2CCC[C@H]2C(=O)N2CCc3cc(C)c(C)cc3C2)c1. The van der Waals surface area contributed by atoms with E-state index >= 15 is 0 Å². The third-order valence-corrected chi connectivity index (χ3v) is 6.72. The van der Waals surface area contributed by atoms with Crippen LogP contribution >= 0.6 is 0 Å². The zero-order valence-corrected chi connectivity index (χ0v) is 18.9. The first-order valence-electron chi connectivity index (χ1n) is 11.4. The van der Waals surface area contributed by atoms with E-state index in [1.807, 2.05) is 36.1 Å². The van der Waals surface area contributed by atoms with Crippen LogP contribution in [0.2, 0.25) is 0 Å². The van der Waals surface area contributed by atoms with Crippen molar-refractivity contribution in [2.24, 2.45) is 0 Å². The maximum absolute atomic E-state index is 13.3. The van der Waals surface area contributed by atoms with Gasteiger partial charge in [-0.05, 0) is 86.5 Å². The van der Waals surface area contributed by atoms with Crippen LogP contribution in [0.3, 0.4) is 0 Å². The first kappa shape index (κ1) is 21.6. The number of benzene rings is 2. The van der Waals surface area contributed by atoms with Crippen molar-refractivity contribution >= 4 is 17.5 Å². The smallest absolute Gasteiger partial charge is 0.240 e. The van der Waals surface area contributed by atoms with Gasteiger partial charge in [-0.2, -0.15) is 0 Å². The van der Waals surface area contributed by atoms with Gasteiger partial charge in [0.25, 0.3) is 0 Å². The number of fused-ring (bicyclic) bond motifs is 1. The molecule has 0 radical (unpaired) electrons. The summed E-state index contributed by atoms with van der Waals surface area (Å²) in [7, 11) is 0. The molecule has 2 heterocycles. The molecule has 0 bridgehead atoms. The molecule has 1 fully saturated rings. The predicted octanol–water partition coefficient (Wildman–Crippen LogP) is 3.99. The van der Waals surface area contributed by atoms with E-state index in [1.54, 1.807) is 0 Å². The van der Waals surface area contributed by atoms with Gasteiger partial charge in [0.1, 0.15) is 0 Å². The molecule has 31 heavy (non-hydrogen) atoms. The Kier molecular flexibility index (Phi) is 6.42. The molecule has 5 heteroatoms. The van der Waals surface area contributed by atoms with Crippen LogP contribution in [0, 0.1) is 20.8 Å². The number of carbonyl (C=O) groups excluding carboxylic acids is 2. The van der Waals surface area contributed by atoms with Gasteiger partial charge in [-0.25, -0.2) is 0 Å². The maximum Gasteiger partial charge on any atom is 0.240 e. The molecule has 4 rings (SSSR count). The molecule has 164 valence electrons. The van der Waals surface area contributed by atoms with Crippen molar-refractivity contribution in [3.63, 3.8) is 0 Å².